The maximum absolute atomic E-state index is 5.75. The molecule has 3 heteroatoms. The highest BCUT2D eigenvalue weighted by Gasteiger charge is 2.07. The Morgan fingerprint density at radius 3 is 2.40 bits per heavy atom. The molecular formula is C7H10ClNS. The van der Waals surface area contributed by atoms with E-state index < -0.39 is 0 Å². The number of nitrogen functional groups attached to an aromatic ring is 1. The zero-order chi connectivity index (χ0) is 7.72. The zero-order valence-electron chi connectivity index (χ0n) is 6.02. The van der Waals surface area contributed by atoms with Gasteiger partial charge < -0.3 is 5.73 Å². The molecule has 0 aromatic carbocycles. The average Bonchev–Trinajstić information content (AvgIpc) is 2.10. The highest BCUT2D eigenvalue weighted by molar-refractivity contribution is 7.16. The third-order valence-electron chi connectivity index (χ3n) is 1.29. The number of anilines is 1. The SMILES string of the molecule is CC(C)c1sc(Cl)cc1N. The molecule has 0 radical (unpaired) electrons. The molecule has 1 aromatic heterocycles. The van der Waals surface area contributed by atoms with Crippen LogP contribution in [0.25, 0.3) is 0 Å². The van der Waals surface area contributed by atoms with Crippen molar-refractivity contribution in [1.29, 1.82) is 0 Å². The van der Waals surface area contributed by atoms with Crippen LogP contribution >= 0.6 is 22.9 Å². The molecular weight excluding hydrogens is 166 g/mol. The van der Waals surface area contributed by atoms with Crippen LogP contribution < -0.4 is 5.73 Å². The van der Waals surface area contributed by atoms with Crippen LogP contribution in [0.2, 0.25) is 4.34 Å². The summed E-state index contributed by atoms with van der Waals surface area (Å²) in [6.07, 6.45) is 0. The molecule has 10 heavy (non-hydrogen) atoms. The van der Waals surface area contributed by atoms with Gasteiger partial charge in [0.15, 0.2) is 0 Å². The first-order valence-electron chi connectivity index (χ1n) is 3.16. The van der Waals surface area contributed by atoms with E-state index in [1.165, 1.54) is 4.88 Å². The van der Waals surface area contributed by atoms with E-state index in [-0.39, 0.29) is 0 Å². The summed E-state index contributed by atoms with van der Waals surface area (Å²) in [5.41, 5.74) is 6.49. The van der Waals surface area contributed by atoms with Gasteiger partial charge in [0.25, 0.3) is 0 Å². The summed E-state index contributed by atoms with van der Waals surface area (Å²) < 4.78 is 0.779. The standard InChI is InChI=1S/C7H10ClNS/c1-4(2)7-5(9)3-6(8)10-7/h3-4H,9H2,1-2H3. The predicted molar refractivity (Wildman–Crippen MR) is 47.8 cm³/mol. The van der Waals surface area contributed by atoms with Crippen molar-refractivity contribution in [1.82, 2.24) is 0 Å². The summed E-state index contributed by atoms with van der Waals surface area (Å²) in [5, 5.41) is 0. The first-order valence-corrected chi connectivity index (χ1v) is 4.35. The second-order valence-electron chi connectivity index (χ2n) is 2.52. The number of hydrogen-bond acceptors (Lipinski definition) is 2. The summed E-state index contributed by atoms with van der Waals surface area (Å²) in [6.45, 7) is 4.22. The first kappa shape index (κ1) is 7.89. The fourth-order valence-electron chi connectivity index (χ4n) is 0.838. The van der Waals surface area contributed by atoms with Crippen LogP contribution in [0.1, 0.15) is 24.6 Å². The van der Waals surface area contributed by atoms with E-state index in [1.807, 2.05) is 6.07 Å². The second-order valence-corrected chi connectivity index (χ2v) is 4.24. The van der Waals surface area contributed by atoms with Crippen LogP contribution in [0, 0.1) is 0 Å². The van der Waals surface area contributed by atoms with Gasteiger partial charge in [-0.25, -0.2) is 0 Å². The second kappa shape index (κ2) is 2.81. The summed E-state index contributed by atoms with van der Waals surface area (Å²) >= 11 is 7.31. The van der Waals surface area contributed by atoms with E-state index in [4.69, 9.17) is 17.3 Å². The molecule has 0 saturated heterocycles. The normalized spacial score (nSPS) is 10.8. The Kier molecular flexibility index (Phi) is 2.21. The van der Waals surface area contributed by atoms with Crippen LogP contribution in [0.4, 0.5) is 5.69 Å². The molecule has 0 atom stereocenters. The lowest BCUT2D eigenvalue weighted by Crippen LogP contribution is -1.89. The summed E-state index contributed by atoms with van der Waals surface area (Å²) in [7, 11) is 0. The van der Waals surface area contributed by atoms with Gasteiger partial charge in [0, 0.05) is 10.6 Å². The Labute approximate surface area is 69.8 Å². The van der Waals surface area contributed by atoms with Gasteiger partial charge in [0.2, 0.25) is 0 Å². The minimum Gasteiger partial charge on any atom is -0.398 e. The third kappa shape index (κ3) is 1.44. The Morgan fingerprint density at radius 1 is 1.60 bits per heavy atom. The van der Waals surface area contributed by atoms with Crippen molar-refractivity contribution in [2.24, 2.45) is 0 Å². The Bertz CT molecular complexity index is 230. The number of hydrogen-bond donors (Lipinski definition) is 1. The van der Waals surface area contributed by atoms with E-state index in [2.05, 4.69) is 13.8 Å². The Hall–Kier alpha value is -0.210. The topological polar surface area (TPSA) is 26.0 Å². The number of rotatable bonds is 1. The fraction of sp³-hybridized carbons (Fsp3) is 0.429. The van der Waals surface area contributed by atoms with Gasteiger partial charge in [-0.3, -0.25) is 0 Å². The minimum absolute atomic E-state index is 0.484. The fourth-order valence-corrected chi connectivity index (χ4v) is 2.01. The van der Waals surface area contributed by atoms with Gasteiger partial charge >= 0.3 is 0 Å². The molecule has 0 aliphatic heterocycles. The molecule has 1 rings (SSSR count). The molecule has 1 aromatic rings. The molecule has 2 N–H and O–H groups in total. The Morgan fingerprint density at radius 2 is 2.20 bits per heavy atom. The average molecular weight is 176 g/mol. The van der Waals surface area contributed by atoms with Crippen molar-refractivity contribution >= 4 is 28.6 Å². The number of thiophene rings is 1. The third-order valence-corrected chi connectivity index (χ3v) is 2.87. The molecule has 0 aliphatic rings. The van der Waals surface area contributed by atoms with Crippen LogP contribution in [0.3, 0.4) is 0 Å². The molecule has 0 saturated carbocycles. The molecule has 1 nitrogen and oxygen atoms in total. The van der Waals surface area contributed by atoms with E-state index in [0.717, 1.165) is 10.0 Å². The van der Waals surface area contributed by atoms with Crippen molar-refractivity contribution in [3.63, 3.8) is 0 Å². The molecule has 0 aliphatic carbocycles. The van der Waals surface area contributed by atoms with E-state index in [1.54, 1.807) is 11.3 Å². The summed E-state index contributed by atoms with van der Waals surface area (Å²) in [6, 6.07) is 1.81. The smallest absolute Gasteiger partial charge is 0.0952 e. The number of nitrogens with two attached hydrogens (primary N) is 1. The zero-order valence-corrected chi connectivity index (χ0v) is 7.59. The van der Waals surface area contributed by atoms with Crippen molar-refractivity contribution in [2.45, 2.75) is 19.8 Å². The lowest BCUT2D eigenvalue weighted by molar-refractivity contribution is 0.892. The van der Waals surface area contributed by atoms with Crippen LogP contribution in [0.5, 0.6) is 0 Å². The van der Waals surface area contributed by atoms with Gasteiger partial charge in [-0.1, -0.05) is 25.4 Å². The first-order chi connectivity index (χ1) is 4.61. The predicted octanol–water partition coefficient (Wildman–Crippen LogP) is 3.11. The van der Waals surface area contributed by atoms with Crippen molar-refractivity contribution in [3.8, 4) is 0 Å². The van der Waals surface area contributed by atoms with Crippen LogP contribution in [-0.2, 0) is 0 Å². The highest BCUT2D eigenvalue weighted by atomic mass is 35.5. The quantitative estimate of drug-likeness (QED) is 0.698. The summed E-state index contributed by atoms with van der Waals surface area (Å²) in [5.74, 6) is 0.484. The molecule has 56 valence electrons. The van der Waals surface area contributed by atoms with Crippen molar-refractivity contribution in [2.75, 3.05) is 5.73 Å². The van der Waals surface area contributed by atoms with Crippen LogP contribution in [-0.4, -0.2) is 0 Å². The molecule has 1 heterocycles. The lowest BCUT2D eigenvalue weighted by atomic mass is 10.1. The highest BCUT2D eigenvalue weighted by Crippen LogP contribution is 2.33. The van der Waals surface area contributed by atoms with E-state index in [9.17, 15) is 0 Å². The van der Waals surface area contributed by atoms with Gasteiger partial charge in [0.05, 0.1) is 4.34 Å². The van der Waals surface area contributed by atoms with Gasteiger partial charge in [-0.15, -0.1) is 11.3 Å². The van der Waals surface area contributed by atoms with E-state index in [0.29, 0.717) is 5.92 Å². The van der Waals surface area contributed by atoms with Crippen molar-refractivity contribution in [3.05, 3.63) is 15.3 Å². The number of halogens is 1. The lowest BCUT2D eigenvalue weighted by Gasteiger charge is -2.00. The molecule has 0 amide bonds. The van der Waals surface area contributed by atoms with Crippen molar-refractivity contribution < 1.29 is 0 Å². The monoisotopic (exact) mass is 175 g/mol. The molecule has 0 spiro atoms. The van der Waals surface area contributed by atoms with Gasteiger partial charge in [-0.2, -0.15) is 0 Å². The van der Waals surface area contributed by atoms with Gasteiger partial charge in [-0.05, 0) is 12.0 Å². The minimum atomic E-state index is 0.484. The largest absolute Gasteiger partial charge is 0.398 e. The van der Waals surface area contributed by atoms with E-state index >= 15 is 0 Å². The molecule has 0 unspecified atom stereocenters. The van der Waals surface area contributed by atoms with Gasteiger partial charge in [0.1, 0.15) is 0 Å². The maximum Gasteiger partial charge on any atom is 0.0952 e. The maximum atomic E-state index is 5.75. The Balaban J connectivity index is 3.03. The molecule has 0 bridgehead atoms. The summed E-state index contributed by atoms with van der Waals surface area (Å²) in [4.78, 5) is 1.19. The van der Waals surface area contributed by atoms with Crippen LogP contribution in [0.15, 0.2) is 6.07 Å². The molecule has 0 fully saturated rings.